The van der Waals surface area contributed by atoms with E-state index in [1.807, 2.05) is 0 Å². The van der Waals surface area contributed by atoms with Crippen molar-refractivity contribution in [1.82, 2.24) is 5.32 Å². The Morgan fingerprint density at radius 3 is 2.77 bits per heavy atom. The summed E-state index contributed by atoms with van der Waals surface area (Å²) in [4.78, 5) is 13.5. The van der Waals surface area contributed by atoms with Gasteiger partial charge < -0.3 is 15.4 Å². The summed E-state index contributed by atoms with van der Waals surface area (Å²) in [6.45, 7) is 4.24. The van der Waals surface area contributed by atoms with Gasteiger partial charge in [-0.15, -0.1) is 17.9 Å². The Balaban J connectivity index is 2.30. The summed E-state index contributed by atoms with van der Waals surface area (Å²) >= 11 is 6.89. The Morgan fingerprint density at radius 1 is 1.36 bits per heavy atom. The molecular formula is C16H22N2O2S2. The summed E-state index contributed by atoms with van der Waals surface area (Å²) in [5.74, 6) is -0.285. The second-order valence-electron chi connectivity index (χ2n) is 5.24. The molecule has 0 atom stereocenters. The van der Waals surface area contributed by atoms with Gasteiger partial charge in [0, 0.05) is 11.4 Å². The third-order valence-corrected chi connectivity index (χ3v) is 5.15. The smallest absolute Gasteiger partial charge is 0.341 e. The Bertz CT molecular complexity index is 567. The largest absolute Gasteiger partial charge is 0.465 e. The fourth-order valence-corrected chi connectivity index (χ4v) is 4.17. The Hall–Kier alpha value is -1.40. The van der Waals surface area contributed by atoms with Crippen LogP contribution in [-0.2, 0) is 17.6 Å². The molecule has 0 bridgehead atoms. The highest BCUT2D eigenvalue weighted by Gasteiger charge is 2.25. The zero-order valence-electron chi connectivity index (χ0n) is 12.9. The number of fused-ring (bicyclic) bond motifs is 1. The number of thiocarbonyl (C=S) groups is 1. The van der Waals surface area contributed by atoms with E-state index >= 15 is 0 Å². The lowest BCUT2D eigenvalue weighted by Gasteiger charge is -2.11. The molecule has 6 heteroatoms. The minimum absolute atomic E-state index is 0.285. The Morgan fingerprint density at radius 2 is 2.09 bits per heavy atom. The topological polar surface area (TPSA) is 50.4 Å². The van der Waals surface area contributed by atoms with E-state index in [2.05, 4.69) is 17.2 Å². The standard InChI is InChI=1S/C16H22N2O2S2/c1-3-10-17-16(21)18-14-13(15(19)20-2)11-8-6-4-5-7-9-12(11)22-14/h3H,1,4-10H2,2H3,(H2,17,18,21). The first kappa shape index (κ1) is 17.0. The van der Waals surface area contributed by atoms with Crippen LogP contribution in [0.15, 0.2) is 12.7 Å². The highest BCUT2D eigenvalue weighted by atomic mass is 32.1. The van der Waals surface area contributed by atoms with Gasteiger partial charge in [0.1, 0.15) is 5.00 Å². The maximum atomic E-state index is 12.2. The lowest BCUT2D eigenvalue weighted by atomic mass is 9.96. The van der Waals surface area contributed by atoms with Gasteiger partial charge in [-0.05, 0) is 43.5 Å². The molecule has 0 unspecified atom stereocenters. The molecule has 2 rings (SSSR count). The van der Waals surface area contributed by atoms with Crippen molar-refractivity contribution in [2.45, 2.75) is 38.5 Å². The molecular weight excluding hydrogens is 316 g/mol. The van der Waals surface area contributed by atoms with Gasteiger partial charge in [0.25, 0.3) is 0 Å². The molecule has 1 heterocycles. The molecule has 0 radical (unpaired) electrons. The molecule has 0 aliphatic heterocycles. The number of thiophene rings is 1. The molecule has 0 aromatic carbocycles. The summed E-state index contributed by atoms with van der Waals surface area (Å²) in [6, 6.07) is 0. The maximum Gasteiger partial charge on any atom is 0.341 e. The zero-order valence-corrected chi connectivity index (χ0v) is 14.5. The first-order valence-corrected chi connectivity index (χ1v) is 8.78. The fraction of sp³-hybridized carbons (Fsp3) is 0.500. The molecule has 1 aromatic heterocycles. The molecule has 0 spiro atoms. The quantitative estimate of drug-likeness (QED) is 0.498. The summed E-state index contributed by atoms with van der Waals surface area (Å²) < 4.78 is 4.98. The molecule has 120 valence electrons. The molecule has 1 aromatic rings. The molecule has 1 aliphatic rings. The summed E-state index contributed by atoms with van der Waals surface area (Å²) in [5.41, 5.74) is 1.80. The lowest BCUT2D eigenvalue weighted by Crippen LogP contribution is -2.28. The van der Waals surface area contributed by atoms with Gasteiger partial charge in [-0.25, -0.2) is 4.79 Å². The molecule has 2 N–H and O–H groups in total. The number of hydrogen-bond donors (Lipinski definition) is 2. The number of anilines is 1. The third-order valence-electron chi connectivity index (χ3n) is 3.69. The average Bonchev–Trinajstić information content (AvgIpc) is 2.81. The molecule has 0 saturated heterocycles. The Kier molecular flexibility index (Phi) is 6.39. The van der Waals surface area contributed by atoms with Gasteiger partial charge in [-0.3, -0.25) is 0 Å². The SMILES string of the molecule is C=CCNC(=S)Nc1sc2c(c1C(=O)OC)CCCCCC2. The number of carbonyl (C=O) groups is 1. The predicted molar refractivity (Wildman–Crippen MR) is 96.0 cm³/mol. The van der Waals surface area contributed by atoms with Crippen LogP contribution in [0.1, 0.15) is 46.5 Å². The van der Waals surface area contributed by atoms with Gasteiger partial charge >= 0.3 is 5.97 Å². The van der Waals surface area contributed by atoms with E-state index in [9.17, 15) is 4.79 Å². The van der Waals surface area contributed by atoms with Crippen LogP contribution >= 0.6 is 23.6 Å². The lowest BCUT2D eigenvalue weighted by molar-refractivity contribution is 0.0601. The second kappa shape index (κ2) is 8.29. The van der Waals surface area contributed by atoms with Crippen molar-refractivity contribution < 1.29 is 9.53 Å². The van der Waals surface area contributed by atoms with Crippen LogP contribution in [0, 0.1) is 0 Å². The number of nitrogens with one attached hydrogen (secondary N) is 2. The van der Waals surface area contributed by atoms with Gasteiger partial charge in [0.05, 0.1) is 12.7 Å². The van der Waals surface area contributed by atoms with E-state index in [-0.39, 0.29) is 5.97 Å². The summed E-state index contributed by atoms with van der Waals surface area (Å²) in [5, 5.41) is 7.47. The summed E-state index contributed by atoms with van der Waals surface area (Å²) in [7, 11) is 1.42. The number of ether oxygens (including phenoxy) is 1. The van der Waals surface area contributed by atoms with Crippen molar-refractivity contribution >= 4 is 39.6 Å². The van der Waals surface area contributed by atoms with Gasteiger partial charge in [-0.1, -0.05) is 18.9 Å². The third kappa shape index (κ3) is 4.08. The molecule has 1 aliphatic carbocycles. The van der Waals surface area contributed by atoms with Crippen molar-refractivity contribution in [3.63, 3.8) is 0 Å². The van der Waals surface area contributed by atoms with Gasteiger partial charge in [0.15, 0.2) is 5.11 Å². The van der Waals surface area contributed by atoms with Crippen molar-refractivity contribution in [3.05, 3.63) is 28.7 Å². The highest BCUT2D eigenvalue weighted by molar-refractivity contribution is 7.80. The van der Waals surface area contributed by atoms with Crippen LogP contribution in [-0.4, -0.2) is 24.7 Å². The molecule has 0 amide bonds. The van der Waals surface area contributed by atoms with Crippen molar-refractivity contribution in [2.24, 2.45) is 0 Å². The number of hydrogen-bond acceptors (Lipinski definition) is 4. The number of esters is 1. The average molecular weight is 338 g/mol. The van der Waals surface area contributed by atoms with Crippen LogP contribution in [0.3, 0.4) is 0 Å². The van der Waals surface area contributed by atoms with Crippen LogP contribution in [0.5, 0.6) is 0 Å². The first-order valence-electron chi connectivity index (χ1n) is 7.56. The maximum absolute atomic E-state index is 12.2. The van der Waals surface area contributed by atoms with Crippen molar-refractivity contribution in [3.8, 4) is 0 Å². The van der Waals surface area contributed by atoms with E-state index in [4.69, 9.17) is 17.0 Å². The van der Waals surface area contributed by atoms with E-state index in [0.717, 1.165) is 29.8 Å². The van der Waals surface area contributed by atoms with Crippen LogP contribution in [0.2, 0.25) is 0 Å². The van der Waals surface area contributed by atoms with Gasteiger partial charge in [0.2, 0.25) is 0 Å². The van der Waals surface area contributed by atoms with Crippen LogP contribution in [0.4, 0.5) is 5.00 Å². The number of methoxy groups -OCH3 is 1. The van der Waals surface area contributed by atoms with E-state index in [1.54, 1.807) is 17.4 Å². The highest BCUT2D eigenvalue weighted by Crippen LogP contribution is 2.37. The molecule has 0 saturated carbocycles. The van der Waals surface area contributed by atoms with Gasteiger partial charge in [-0.2, -0.15) is 0 Å². The van der Waals surface area contributed by atoms with E-state index in [1.165, 1.54) is 31.2 Å². The minimum Gasteiger partial charge on any atom is -0.465 e. The number of aryl methyl sites for hydroxylation is 1. The monoisotopic (exact) mass is 338 g/mol. The molecule has 0 fully saturated rings. The van der Waals surface area contributed by atoms with Crippen LogP contribution < -0.4 is 10.6 Å². The second-order valence-corrected chi connectivity index (χ2v) is 6.75. The van der Waals surface area contributed by atoms with E-state index < -0.39 is 0 Å². The van der Waals surface area contributed by atoms with E-state index in [0.29, 0.717) is 17.2 Å². The molecule has 4 nitrogen and oxygen atoms in total. The van der Waals surface area contributed by atoms with Crippen molar-refractivity contribution in [2.75, 3.05) is 19.0 Å². The molecule has 22 heavy (non-hydrogen) atoms. The normalized spacial score (nSPS) is 14.2. The number of rotatable bonds is 4. The van der Waals surface area contributed by atoms with Crippen molar-refractivity contribution in [1.29, 1.82) is 0 Å². The minimum atomic E-state index is -0.285. The van der Waals surface area contributed by atoms with Crippen LogP contribution in [0.25, 0.3) is 0 Å². The summed E-state index contributed by atoms with van der Waals surface area (Å²) in [6.07, 6.45) is 8.47. The zero-order chi connectivity index (χ0) is 15.9. The Labute approximate surface area is 140 Å². The predicted octanol–water partition coefficient (Wildman–Crippen LogP) is 3.67. The number of carbonyl (C=O) groups excluding carboxylic acids is 1. The first-order chi connectivity index (χ1) is 10.7. The fourth-order valence-electron chi connectivity index (χ4n) is 2.64.